The molecular formula is C13H20N2. The molecule has 0 N–H and O–H groups in total. The fourth-order valence-electron chi connectivity index (χ4n) is 2.14. The number of hydrogen-bond acceptors (Lipinski definition) is 2. The Morgan fingerprint density at radius 3 is 2.73 bits per heavy atom. The second kappa shape index (κ2) is 5.26. The molecule has 0 spiro atoms. The van der Waals surface area contributed by atoms with E-state index in [0.717, 1.165) is 6.42 Å². The summed E-state index contributed by atoms with van der Waals surface area (Å²) in [5.41, 5.74) is 2.48. The lowest BCUT2D eigenvalue weighted by molar-refractivity contribution is 0.333. The van der Waals surface area contributed by atoms with E-state index in [1.54, 1.807) is 0 Å². The molecular weight excluding hydrogens is 184 g/mol. The topological polar surface area (TPSA) is 16.1 Å². The largest absolute Gasteiger partial charge is 0.303 e. The summed E-state index contributed by atoms with van der Waals surface area (Å²) >= 11 is 0. The average molecular weight is 204 g/mol. The highest BCUT2D eigenvalue weighted by Gasteiger charge is 2.10. The van der Waals surface area contributed by atoms with Gasteiger partial charge >= 0.3 is 0 Å². The molecule has 2 nitrogen and oxygen atoms in total. The molecule has 1 aliphatic rings. The first-order valence-electron chi connectivity index (χ1n) is 5.98. The zero-order valence-electron chi connectivity index (χ0n) is 9.58. The van der Waals surface area contributed by atoms with E-state index in [9.17, 15) is 0 Å². The first-order chi connectivity index (χ1) is 7.34. The Balaban J connectivity index is 1.71. The van der Waals surface area contributed by atoms with Crippen LogP contribution in [0.3, 0.4) is 0 Å². The van der Waals surface area contributed by atoms with Gasteiger partial charge in [-0.15, -0.1) is 0 Å². The molecule has 0 amide bonds. The van der Waals surface area contributed by atoms with Crippen molar-refractivity contribution in [3.8, 4) is 0 Å². The minimum absolute atomic E-state index is 1.12. The smallest absolute Gasteiger partial charge is 0.0404 e. The molecule has 0 atom stereocenters. The maximum absolute atomic E-state index is 4.42. The first kappa shape index (κ1) is 10.6. The number of aromatic nitrogens is 1. The van der Waals surface area contributed by atoms with Gasteiger partial charge in [-0.1, -0.05) is 6.07 Å². The number of hydrogen-bond donors (Lipinski definition) is 0. The minimum Gasteiger partial charge on any atom is -0.303 e. The Labute approximate surface area is 92.3 Å². The van der Waals surface area contributed by atoms with Gasteiger partial charge in [0, 0.05) is 11.9 Å². The molecule has 2 rings (SSSR count). The summed E-state index contributed by atoms with van der Waals surface area (Å²) in [6, 6.07) is 4.30. The van der Waals surface area contributed by atoms with E-state index in [1.807, 2.05) is 6.20 Å². The Morgan fingerprint density at radius 2 is 2.07 bits per heavy atom. The van der Waals surface area contributed by atoms with Crippen LogP contribution < -0.4 is 0 Å². The second-order valence-corrected chi connectivity index (χ2v) is 4.48. The van der Waals surface area contributed by atoms with Crippen molar-refractivity contribution in [1.82, 2.24) is 9.88 Å². The molecule has 82 valence electrons. The number of rotatable bonds is 4. The van der Waals surface area contributed by atoms with Crippen LogP contribution >= 0.6 is 0 Å². The van der Waals surface area contributed by atoms with Gasteiger partial charge in [-0.2, -0.15) is 0 Å². The zero-order chi connectivity index (χ0) is 10.5. The van der Waals surface area contributed by atoms with Gasteiger partial charge in [0.2, 0.25) is 0 Å². The SMILES string of the molecule is Cc1ccc(CCCN2CCCC2)nc1. The Kier molecular flexibility index (Phi) is 3.73. The van der Waals surface area contributed by atoms with Gasteiger partial charge in [0.25, 0.3) is 0 Å². The fraction of sp³-hybridized carbons (Fsp3) is 0.615. The Bertz CT molecular complexity index is 286. The highest BCUT2D eigenvalue weighted by atomic mass is 15.1. The van der Waals surface area contributed by atoms with E-state index in [-0.39, 0.29) is 0 Å². The van der Waals surface area contributed by atoms with Crippen molar-refractivity contribution < 1.29 is 0 Å². The minimum atomic E-state index is 1.12. The third-order valence-electron chi connectivity index (χ3n) is 3.08. The summed E-state index contributed by atoms with van der Waals surface area (Å²) in [5.74, 6) is 0. The number of nitrogens with zero attached hydrogens (tertiary/aromatic N) is 2. The summed E-state index contributed by atoms with van der Waals surface area (Å²) in [6.45, 7) is 5.94. The Hall–Kier alpha value is -0.890. The van der Waals surface area contributed by atoms with Gasteiger partial charge in [0.05, 0.1) is 0 Å². The molecule has 1 saturated heterocycles. The van der Waals surface area contributed by atoms with Crippen LogP contribution in [0, 0.1) is 6.92 Å². The number of likely N-dealkylation sites (tertiary alicyclic amines) is 1. The molecule has 0 aliphatic carbocycles. The summed E-state index contributed by atoms with van der Waals surface area (Å²) in [6.07, 6.45) is 7.11. The van der Waals surface area contributed by atoms with Crippen molar-refractivity contribution in [1.29, 1.82) is 0 Å². The number of pyridine rings is 1. The number of aryl methyl sites for hydroxylation is 2. The van der Waals surface area contributed by atoms with Crippen LogP contribution in [0.5, 0.6) is 0 Å². The van der Waals surface area contributed by atoms with Gasteiger partial charge in [0.15, 0.2) is 0 Å². The summed E-state index contributed by atoms with van der Waals surface area (Å²) in [4.78, 5) is 6.99. The van der Waals surface area contributed by atoms with Crippen LogP contribution in [0.15, 0.2) is 18.3 Å². The molecule has 0 unspecified atom stereocenters. The lowest BCUT2D eigenvalue weighted by atomic mass is 10.2. The van der Waals surface area contributed by atoms with E-state index in [1.165, 1.54) is 50.2 Å². The van der Waals surface area contributed by atoms with Crippen molar-refractivity contribution in [3.63, 3.8) is 0 Å². The molecule has 0 aromatic carbocycles. The van der Waals surface area contributed by atoms with E-state index >= 15 is 0 Å². The maximum Gasteiger partial charge on any atom is 0.0404 e. The molecule has 2 heteroatoms. The Morgan fingerprint density at radius 1 is 1.27 bits per heavy atom. The quantitative estimate of drug-likeness (QED) is 0.748. The van der Waals surface area contributed by atoms with Gasteiger partial charge in [-0.05, 0) is 63.9 Å². The first-order valence-corrected chi connectivity index (χ1v) is 5.98. The molecule has 0 bridgehead atoms. The second-order valence-electron chi connectivity index (χ2n) is 4.48. The van der Waals surface area contributed by atoms with Crippen molar-refractivity contribution in [2.24, 2.45) is 0 Å². The summed E-state index contributed by atoms with van der Waals surface area (Å²) in [7, 11) is 0. The normalized spacial score (nSPS) is 17.1. The van der Waals surface area contributed by atoms with Crippen LogP contribution in [-0.2, 0) is 6.42 Å². The van der Waals surface area contributed by atoms with Crippen LogP contribution in [0.4, 0.5) is 0 Å². The highest BCUT2D eigenvalue weighted by molar-refractivity contribution is 5.12. The summed E-state index contributed by atoms with van der Waals surface area (Å²) < 4.78 is 0. The molecule has 1 aromatic rings. The lowest BCUT2D eigenvalue weighted by Crippen LogP contribution is -2.20. The molecule has 0 radical (unpaired) electrons. The monoisotopic (exact) mass is 204 g/mol. The van der Waals surface area contributed by atoms with Gasteiger partial charge in [0.1, 0.15) is 0 Å². The molecule has 15 heavy (non-hydrogen) atoms. The maximum atomic E-state index is 4.42. The molecule has 0 saturated carbocycles. The molecule has 1 aliphatic heterocycles. The van der Waals surface area contributed by atoms with Crippen LogP contribution in [0.1, 0.15) is 30.5 Å². The lowest BCUT2D eigenvalue weighted by Gasteiger charge is -2.13. The van der Waals surface area contributed by atoms with Crippen molar-refractivity contribution in [3.05, 3.63) is 29.6 Å². The highest BCUT2D eigenvalue weighted by Crippen LogP contribution is 2.09. The van der Waals surface area contributed by atoms with Gasteiger partial charge in [-0.25, -0.2) is 0 Å². The van der Waals surface area contributed by atoms with Gasteiger partial charge < -0.3 is 4.90 Å². The van der Waals surface area contributed by atoms with Crippen LogP contribution in [0.2, 0.25) is 0 Å². The zero-order valence-corrected chi connectivity index (χ0v) is 9.58. The molecule has 2 heterocycles. The van der Waals surface area contributed by atoms with Crippen LogP contribution in [0.25, 0.3) is 0 Å². The fourth-order valence-corrected chi connectivity index (χ4v) is 2.14. The summed E-state index contributed by atoms with van der Waals surface area (Å²) in [5, 5.41) is 0. The van der Waals surface area contributed by atoms with E-state index in [4.69, 9.17) is 0 Å². The predicted octanol–water partition coefficient (Wildman–Crippen LogP) is 2.42. The third-order valence-corrected chi connectivity index (χ3v) is 3.08. The molecule has 1 aromatic heterocycles. The molecule has 1 fully saturated rings. The van der Waals surface area contributed by atoms with Gasteiger partial charge in [-0.3, -0.25) is 4.98 Å². The van der Waals surface area contributed by atoms with E-state index in [2.05, 4.69) is 28.9 Å². The average Bonchev–Trinajstić information content (AvgIpc) is 2.74. The van der Waals surface area contributed by atoms with Crippen molar-refractivity contribution in [2.75, 3.05) is 19.6 Å². The standard InChI is InChI=1S/C13H20N2/c1-12-6-7-13(14-11-12)5-4-10-15-8-2-3-9-15/h6-7,11H,2-5,8-10H2,1H3. The van der Waals surface area contributed by atoms with E-state index < -0.39 is 0 Å². The third kappa shape index (κ3) is 3.31. The van der Waals surface area contributed by atoms with Crippen LogP contribution in [-0.4, -0.2) is 29.5 Å². The van der Waals surface area contributed by atoms with E-state index in [0.29, 0.717) is 0 Å². The predicted molar refractivity (Wildman–Crippen MR) is 63.0 cm³/mol. The van der Waals surface area contributed by atoms with Crippen molar-refractivity contribution in [2.45, 2.75) is 32.6 Å². The van der Waals surface area contributed by atoms with Crippen molar-refractivity contribution >= 4 is 0 Å².